The number of rotatable bonds is 6. The third-order valence-electron chi connectivity index (χ3n) is 3.79. The standard InChI is InChI=1S/C20H14F2N4OS/c21-15-6-1-13(2-7-15)3-10-18-24-20(26-25-18)28-12-19-23-11-17(27-19)14-4-8-16(22)9-5-14/h1-11H,12H2,(H,24,25,26)/b10-3+. The SMILES string of the molecule is Fc1ccc(/C=C/c2nc(SCc3ncc(-c4ccc(F)cc4)o3)n[nH]2)cc1. The molecule has 4 aromatic rings. The van der Waals surface area contributed by atoms with Crippen LogP contribution in [-0.4, -0.2) is 20.2 Å². The molecule has 0 bridgehead atoms. The molecule has 0 aliphatic carbocycles. The van der Waals surface area contributed by atoms with E-state index in [1.807, 2.05) is 6.08 Å². The topological polar surface area (TPSA) is 67.6 Å². The van der Waals surface area contributed by atoms with Crippen molar-refractivity contribution in [2.24, 2.45) is 0 Å². The van der Waals surface area contributed by atoms with Crippen LogP contribution in [0.25, 0.3) is 23.5 Å². The van der Waals surface area contributed by atoms with Gasteiger partial charge < -0.3 is 4.42 Å². The molecular formula is C20H14F2N4OS. The number of aromatic nitrogens is 4. The number of hydrogen-bond acceptors (Lipinski definition) is 5. The molecule has 0 fully saturated rings. The van der Waals surface area contributed by atoms with Gasteiger partial charge in [0.2, 0.25) is 11.0 Å². The van der Waals surface area contributed by atoms with E-state index < -0.39 is 0 Å². The lowest BCUT2D eigenvalue weighted by Crippen LogP contribution is -1.81. The normalized spacial score (nSPS) is 11.4. The van der Waals surface area contributed by atoms with Crippen molar-refractivity contribution in [2.75, 3.05) is 0 Å². The van der Waals surface area contributed by atoms with Gasteiger partial charge in [0.25, 0.3) is 0 Å². The highest BCUT2D eigenvalue weighted by Gasteiger charge is 2.09. The Kier molecular flexibility index (Phi) is 5.29. The molecule has 2 aromatic carbocycles. The summed E-state index contributed by atoms with van der Waals surface area (Å²) in [4.78, 5) is 8.59. The van der Waals surface area contributed by atoms with Gasteiger partial charge in [0.15, 0.2) is 5.76 Å². The smallest absolute Gasteiger partial charge is 0.209 e. The fourth-order valence-electron chi connectivity index (χ4n) is 2.40. The molecule has 0 spiro atoms. The molecule has 0 atom stereocenters. The van der Waals surface area contributed by atoms with Gasteiger partial charge in [-0.2, -0.15) is 0 Å². The molecule has 2 heterocycles. The van der Waals surface area contributed by atoms with Crippen LogP contribution in [0.4, 0.5) is 8.78 Å². The number of aromatic amines is 1. The van der Waals surface area contributed by atoms with Crippen LogP contribution in [0.2, 0.25) is 0 Å². The highest BCUT2D eigenvalue weighted by atomic mass is 32.2. The zero-order chi connectivity index (χ0) is 19.3. The average Bonchev–Trinajstić information content (AvgIpc) is 3.36. The lowest BCUT2D eigenvalue weighted by atomic mass is 10.2. The Hall–Kier alpha value is -3.26. The second kappa shape index (κ2) is 8.18. The first-order valence-electron chi connectivity index (χ1n) is 8.35. The van der Waals surface area contributed by atoms with Gasteiger partial charge in [-0.25, -0.2) is 18.7 Å². The quantitative estimate of drug-likeness (QED) is 0.454. The maximum atomic E-state index is 13.0. The second-order valence-electron chi connectivity index (χ2n) is 5.80. The van der Waals surface area contributed by atoms with Gasteiger partial charge in [0.05, 0.1) is 11.9 Å². The zero-order valence-electron chi connectivity index (χ0n) is 14.5. The van der Waals surface area contributed by atoms with Crippen molar-refractivity contribution < 1.29 is 13.2 Å². The van der Waals surface area contributed by atoms with E-state index in [-0.39, 0.29) is 11.6 Å². The summed E-state index contributed by atoms with van der Waals surface area (Å²) in [5, 5.41) is 7.52. The number of H-pyrrole nitrogens is 1. The summed E-state index contributed by atoms with van der Waals surface area (Å²) in [6.07, 6.45) is 5.19. The Bertz CT molecular complexity index is 1090. The molecule has 140 valence electrons. The van der Waals surface area contributed by atoms with Crippen LogP contribution in [0.5, 0.6) is 0 Å². The number of hydrogen-bond donors (Lipinski definition) is 1. The molecule has 5 nitrogen and oxygen atoms in total. The fourth-order valence-corrected chi connectivity index (χ4v) is 3.06. The van der Waals surface area contributed by atoms with Crippen molar-refractivity contribution in [1.82, 2.24) is 20.2 Å². The molecule has 4 rings (SSSR count). The first kappa shape index (κ1) is 18.1. The Labute approximate surface area is 163 Å². The number of oxazole rings is 1. The Morgan fingerprint density at radius 2 is 1.68 bits per heavy atom. The summed E-state index contributed by atoms with van der Waals surface area (Å²) in [5.74, 6) is 1.58. The Morgan fingerprint density at radius 1 is 0.964 bits per heavy atom. The van der Waals surface area contributed by atoms with E-state index in [0.717, 1.165) is 11.1 Å². The van der Waals surface area contributed by atoms with E-state index in [1.54, 1.807) is 36.5 Å². The van der Waals surface area contributed by atoms with Crippen molar-refractivity contribution >= 4 is 23.9 Å². The molecule has 0 saturated heterocycles. The molecule has 2 aromatic heterocycles. The molecule has 0 unspecified atom stereocenters. The first-order chi connectivity index (χ1) is 13.7. The lowest BCUT2D eigenvalue weighted by molar-refractivity contribution is 0.529. The number of halogens is 2. The average molecular weight is 396 g/mol. The van der Waals surface area contributed by atoms with Gasteiger partial charge in [-0.05, 0) is 48.0 Å². The van der Waals surface area contributed by atoms with E-state index in [0.29, 0.717) is 28.4 Å². The van der Waals surface area contributed by atoms with Gasteiger partial charge in [-0.1, -0.05) is 30.0 Å². The molecule has 28 heavy (non-hydrogen) atoms. The summed E-state index contributed by atoms with van der Waals surface area (Å²) in [6, 6.07) is 12.2. The molecule has 8 heteroatoms. The molecule has 0 amide bonds. The molecular weight excluding hydrogens is 382 g/mol. The zero-order valence-corrected chi connectivity index (χ0v) is 15.3. The van der Waals surface area contributed by atoms with Gasteiger partial charge >= 0.3 is 0 Å². The number of nitrogens with one attached hydrogen (secondary N) is 1. The predicted octanol–water partition coefficient (Wildman–Crippen LogP) is 5.20. The van der Waals surface area contributed by atoms with Crippen LogP contribution in [0, 0.1) is 11.6 Å². The Balaban J connectivity index is 1.36. The van der Waals surface area contributed by atoms with E-state index in [4.69, 9.17) is 4.42 Å². The van der Waals surface area contributed by atoms with Crippen LogP contribution in [-0.2, 0) is 5.75 Å². The molecule has 0 saturated carbocycles. The summed E-state index contributed by atoms with van der Waals surface area (Å²) < 4.78 is 31.6. The van der Waals surface area contributed by atoms with E-state index in [2.05, 4.69) is 20.2 Å². The molecule has 1 N–H and O–H groups in total. The summed E-state index contributed by atoms with van der Waals surface area (Å²) >= 11 is 1.38. The van der Waals surface area contributed by atoms with Crippen molar-refractivity contribution in [3.63, 3.8) is 0 Å². The third-order valence-corrected chi connectivity index (χ3v) is 4.62. The number of benzene rings is 2. The molecule has 0 radical (unpaired) electrons. The highest BCUT2D eigenvalue weighted by molar-refractivity contribution is 7.98. The number of nitrogens with zero attached hydrogens (tertiary/aromatic N) is 3. The van der Waals surface area contributed by atoms with Gasteiger partial charge in [-0.3, -0.25) is 5.10 Å². The van der Waals surface area contributed by atoms with Crippen LogP contribution in [0.15, 0.2) is 64.3 Å². The highest BCUT2D eigenvalue weighted by Crippen LogP contribution is 2.24. The van der Waals surface area contributed by atoms with Crippen molar-refractivity contribution in [3.05, 3.63) is 83.6 Å². The fraction of sp³-hybridized carbons (Fsp3) is 0.0500. The minimum atomic E-state index is -0.298. The van der Waals surface area contributed by atoms with Gasteiger partial charge in [0, 0.05) is 5.56 Å². The maximum Gasteiger partial charge on any atom is 0.209 e. The Morgan fingerprint density at radius 3 is 2.43 bits per heavy atom. The molecule has 0 aliphatic heterocycles. The molecule has 0 aliphatic rings. The minimum absolute atomic E-state index is 0.273. The predicted molar refractivity (Wildman–Crippen MR) is 103 cm³/mol. The lowest BCUT2D eigenvalue weighted by Gasteiger charge is -1.95. The van der Waals surface area contributed by atoms with Crippen LogP contribution in [0.3, 0.4) is 0 Å². The van der Waals surface area contributed by atoms with Gasteiger partial charge in [0.1, 0.15) is 17.5 Å². The monoisotopic (exact) mass is 396 g/mol. The van der Waals surface area contributed by atoms with E-state index in [9.17, 15) is 8.78 Å². The van der Waals surface area contributed by atoms with Gasteiger partial charge in [-0.15, -0.1) is 5.10 Å². The maximum absolute atomic E-state index is 13.0. The van der Waals surface area contributed by atoms with E-state index in [1.165, 1.54) is 36.0 Å². The van der Waals surface area contributed by atoms with Crippen molar-refractivity contribution in [3.8, 4) is 11.3 Å². The summed E-state index contributed by atoms with van der Waals surface area (Å²) in [5.41, 5.74) is 1.62. The number of thioether (sulfide) groups is 1. The summed E-state index contributed by atoms with van der Waals surface area (Å²) in [6.45, 7) is 0. The summed E-state index contributed by atoms with van der Waals surface area (Å²) in [7, 11) is 0. The largest absolute Gasteiger partial charge is 0.440 e. The first-order valence-corrected chi connectivity index (χ1v) is 9.34. The van der Waals surface area contributed by atoms with E-state index >= 15 is 0 Å². The van der Waals surface area contributed by atoms with Crippen LogP contribution in [0.1, 0.15) is 17.3 Å². The third kappa shape index (κ3) is 4.52. The van der Waals surface area contributed by atoms with Crippen molar-refractivity contribution in [1.29, 1.82) is 0 Å². The minimum Gasteiger partial charge on any atom is -0.440 e. The van der Waals surface area contributed by atoms with Crippen LogP contribution < -0.4 is 0 Å². The van der Waals surface area contributed by atoms with Crippen LogP contribution >= 0.6 is 11.8 Å². The second-order valence-corrected chi connectivity index (χ2v) is 6.74. The van der Waals surface area contributed by atoms with Crippen molar-refractivity contribution in [2.45, 2.75) is 10.9 Å².